The maximum atomic E-state index is 11.6. The van der Waals surface area contributed by atoms with Crippen molar-refractivity contribution in [3.8, 4) is 0 Å². The van der Waals surface area contributed by atoms with Crippen molar-refractivity contribution in [3.05, 3.63) is 35.4 Å². The Hall–Kier alpha value is -1.11. The summed E-state index contributed by atoms with van der Waals surface area (Å²) in [5.74, 6) is 0.320. The molecule has 0 fully saturated rings. The summed E-state index contributed by atoms with van der Waals surface area (Å²) >= 11 is 0. The standard InChI is InChI=1S/C13H18O.C2H6/c1-4-5-11-6-8-12(9-7-11)13(14)10(2)3;1-2/h6-10H,4-5H2,1-3H3;1-2H3. The first-order valence-electron chi connectivity index (χ1n) is 6.28. The highest BCUT2D eigenvalue weighted by molar-refractivity contribution is 5.97. The van der Waals surface area contributed by atoms with Gasteiger partial charge in [-0.1, -0.05) is 65.3 Å². The lowest BCUT2D eigenvalue weighted by atomic mass is 9.99. The normalized spacial score (nSPS) is 9.62. The van der Waals surface area contributed by atoms with Gasteiger partial charge < -0.3 is 0 Å². The third-order valence-electron chi connectivity index (χ3n) is 2.30. The van der Waals surface area contributed by atoms with Gasteiger partial charge in [0.05, 0.1) is 0 Å². The van der Waals surface area contributed by atoms with Gasteiger partial charge >= 0.3 is 0 Å². The first-order valence-corrected chi connectivity index (χ1v) is 6.28. The van der Waals surface area contributed by atoms with Crippen molar-refractivity contribution in [1.82, 2.24) is 0 Å². The van der Waals surface area contributed by atoms with Crippen LogP contribution in [-0.4, -0.2) is 5.78 Å². The monoisotopic (exact) mass is 220 g/mol. The van der Waals surface area contributed by atoms with E-state index in [1.807, 2.05) is 39.8 Å². The van der Waals surface area contributed by atoms with Gasteiger partial charge in [0.2, 0.25) is 0 Å². The van der Waals surface area contributed by atoms with Gasteiger partial charge in [-0.25, -0.2) is 0 Å². The number of Topliss-reactive ketones (excluding diaryl/α,β-unsaturated/α-hetero) is 1. The van der Waals surface area contributed by atoms with Crippen LogP contribution >= 0.6 is 0 Å². The summed E-state index contributed by atoms with van der Waals surface area (Å²) in [6.07, 6.45) is 2.24. The van der Waals surface area contributed by atoms with E-state index >= 15 is 0 Å². The number of carbonyl (C=O) groups excluding carboxylic acids is 1. The van der Waals surface area contributed by atoms with Crippen molar-refractivity contribution >= 4 is 5.78 Å². The molecular weight excluding hydrogens is 196 g/mol. The van der Waals surface area contributed by atoms with Gasteiger partial charge in [-0.15, -0.1) is 0 Å². The van der Waals surface area contributed by atoms with E-state index in [1.165, 1.54) is 5.56 Å². The molecule has 1 nitrogen and oxygen atoms in total. The van der Waals surface area contributed by atoms with E-state index in [0.29, 0.717) is 0 Å². The lowest BCUT2D eigenvalue weighted by molar-refractivity contribution is 0.0939. The highest BCUT2D eigenvalue weighted by Crippen LogP contribution is 2.11. The molecule has 0 spiro atoms. The first-order chi connectivity index (χ1) is 7.65. The Bertz CT molecular complexity index is 296. The Morgan fingerprint density at radius 1 is 1.12 bits per heavy atom. The predicted octanol–water partition coefficient (Wildman–Crippen LogP) is 4.50. The van der Waals surface area contributed by atoms with Crippen molar-refractivity contribution in [3.63, 3.8) is 0 Å². The van der Waals surface area contributed by atoms with Crippen molar-refractivity contribution in [2.75, 3.05) is 0 Å². The molecule has 0 heterocycles. The molecule has 16 heavy (non-hydrogen) atoms. The van der Waals surface area contributed by atoms with E-state index in [2.05, 4.69) is 19.1 Å². The van der Waals surface area contributed by atoms with E-state index in [0.717, 1.165) is 18.4 Å². The van der Waals surface area contributed by atoms with Crippen LogP contribution in [0.1, 0.15) is 57.0 Å². The number of aryl methyl sites for hydroxylation is 1. The average molecular weight is 220 g/mol. The van der Waals surface area contributed by atoms with E-state index in [1.54, 1.807) is 0 Å². The average Bonchev–Trinajstić information content (AvgIpc) is 2.32. The molecule has 0 aromatic heterocycles. The molecule has 1 rings (SSSR count). The molecule has 0 aliphatic rings. The van der Waals surface area contributed by atoms with Gasteiger partial charge in [-0.05, 0) is 12.0 Å². The zero-order valence-corrected chi connectivity index (χ0v) is 11.2. The van der Waals surface area contributed by atoms with Crippen molar-refractivity contribution < 1.29 is 4.79 Å². The smallest absolute Gasteiger partial charge is 0.165 e. The zero-order chi connectivity index (χ0) is 12.6. The van der Waals surface area contributed by atoms with Crippen LogP contribution in [0.5, 0.6) is 0 Å². The molecule has 0 saturated heterocycles. The fourth-order valence-electron chi connectivity index (χ4n) is 1.46. The molecule has 90 valence electrons. The van der Waals surface area contributed by atoms with Crippen LogP contribution in [-0.2, 0) is 6.42 Å². The van der Waals surface area contributed by atoms with Gasteiger partial charge in [0, 0.05) is 11.5 Å². The molecule has 0 N–H and O–H groups in total. The van der Waals surface area contributed by atoms with E-state index in [9.17, 15) is 4.79 Å². The summed E-state index contributed by atoms with van der Waals surface area (Å²) in [4.78, 5) is 11.6. The van der Waals surface area contributed by atoms with E-state index in [-0.39, 0.29) is 11.7 Å². The SMILES string of the molecule is CC.CCCc1ccc(C(=O)C(C)C)cc1. The maximum Gasteiger partial charge on any atom is 0.165 e. The Balaban J connectivity index is 0.00000106. The predicted molar refractivity (Wildman–Crippen MR) is 71.0 cm³/mol. The molecule has 1 aromatic rings. The second-order valence-corrected chi connectivity index (χ2v) is 3.97. The highest BCUT2D eigenvalue weighted by atomic mass is 16.1. The van der Waals surface area contributed by atoms with Gasteiger partial charge in [-0.2, -0.15) is 0 Å². The third kappa shape index (κ3) is 4.61. The topological polar surface area (TPSA) is 17.1 Å². The molecule has 0 amide bonds. The van der Waals surface area contributed by atoms with E-state index in [4.69, 9.17) is 0 Å². The van der Waals surface area contributed by atoms with Gasteiger partial charge in [0.15, 0.2) is 5.78 Å². The molecule has 0 atom stereocenters. The minimum atomic E-state index is 0.0898. The Kier molecular flexibility index (Phi) is 7.53. The van der Waals surface area contributed by atoms with Crippen molar-refractivity contribution in [2.24, 2.45) is 5.92 Å². The van der Waals surface area contributed by atoms with Crippen LogP contribution < -0.4 is 0 Å². The van der Waals surface area contributed by atoms with Crippen LogP contribution in [0.3, 0.4) is 0 Å². The number of rotatable bonds is 4. The number of ketones is 1. The van der Waals surface area contributed by atoms with Crippen molar-refractivity contribution in [2.45, 2.75) is 47.5 Å². The summed E-state index contributed by atoms with van der Waals surface area (Å²) in [5.41, 5.74) is 2.15. The minimum absolute atomic E-state index is 0.0898. The van der Waals surface area contributed by atoms with Gasteiger partial charge in [0.25, 0.3) is 0 Å². The largest absolute Gasteiger partial charge is 0.294 e. The molecule has 0 unspecified atom stereocenters. The van der Waals surface area contributed by atoms with Crippen LogP contribution in [0.25, 0.3) is 0 Å². The van der Waals surface area contributed by atoms with Gasteiger partial charge in [-0.3, -0.25) is 4.79 Å². The maximum absolute atomic E-state index is 11.6. The Morgan fingerprint density at radius 3 is 2.00 bits per heavy atom. The molecule has 0 aliphatic carbocycles. The van der Waals surface area contributed by atoms with Crippen LogP contribution in [0, 0.1) is 5.92 Å². The van der Waals surface area contributed by atoms with Crippen molar-refractivity contribution in [1.29, 1.82) is 0 Å². The zero-order valence-electron chi connectivity index (χ0n) is 11.2. The molecule has 1 heteroatoms. The quantitative estimate of drug-likeness (QED) is 0.683. The molecule has 0 aliphatic heterocycles. The summed E-state index contributed by atoms with van der Waals surface area (Å²) in [6.45, 7) is 10.0. The highest BCUT2D eigenvalue weighted by Gasteiger charge is 2.09. The Labute approximate surface area is 99.9 Å². The number of benzene rings is 1. The molecule has 0 radical (unpaired) electrons. The summed E-state index contributed by atoms with van der Waals surface area (Å²) in [7, 11) is 0. The number of hydrogen-bond donors (Lipinski definition) is 0. The summed E-state index contributed by atoms with van der Waals surface area (Å²) in [5, 5.41) is 0. The molecule has 0 bridgehead atoms. The fraction of sp³-hybridized carbons (Fsp3) is 0.533. The number of hydrogen-bond acceptors (Lipinski definition) is 1. The molecule has 0 saturated carbocycles. The molecular formula is C15H24O. The number of carbonyl (C=O) groups is 1. The lowest BCUT2D eigenvalue weighted by Crippen LogP contribution is -2.07. The fourth-order valence-corrected chi connectivity index (χ4v) is 1.46. The van der Waals surface area contributed by atoms with Crippen LogP contribution in [0.15, 0.2) is 24.3 Å². The third-order valence-corrected chi connectivity index (χ3v) is 2.30. The second-order valence-electron chi connectivity index (χ2n) is 3.97. The van der Waals surface area contributed by atoms with Gasteiger partial charge in [0.1, 0.15) is 0 Å². The van der Waals surface area contributed by atoms with E-state index < -0.39 is 0 Å². The Morgan fingerprint density at radius 2 is 1.62 bits per heavy atom. The van der Waals surface area contributed by atoms with Crippen LogP contribution in [0.4, 0.5) is 0 Å². The summed E-state index contributed by atoms with van der Waals surface area (Å²) < 4.78 is 0. The summed E-state index contributed by atoms with van der Waals surface area (Å²) in [6, 6.07) is 7.98. The minimum Gasteiger partial charge on any atom is -0.294 e. The first kappa shape index (κ1) is 14.9. The molecule has 1 aromatic carbocycles. The second kappa shape index (κ2) is 8.09. The van der Waals surface area contributed by atoms with Crippen LogP contribution in [0.2, 0.25) is 0 Å². The lowest BCUT2D eigenvalue weighted by Gasteiger charge is -2.05.